The minimum Gasteiger partial charge on any atom is -0.790 e. The second kappa shape index (κ2) is 6.18. The van der Waals surface area contributed by atoms with Crippen LogP contribution in [-0.4, -0.2) is 34.4 Å². The van der Waals surface area contributed by atoms with Gasteiger partial charge in [0, 0.05) is 6.42 Å². The fourth-order valence-electron chi connectivity index (χ4n) is 0.574. The molecule has 0 aliphatic heterocycles. The molecule has 0 spiro atoms. The van der Waals surface area contributed by atoms with Crippen LogP contribution in [0.15, 0.2) is 5.16 Å². The molecule has 0 aromatic heterocycles. The minimum absolute atomic E-state index is 0.456. The highest BCUT2D eigenvalue weighted by Gasteiger charge is 2.12. The summed E-state index contributed by atoms with van der Waals surface area (Å²) >= 11 is 0. The van der Waals surface area contributed by atoms with E-state index in [0.29, 0.717) is 0 Å². The van der Waals surface area contributed by atoms with E-state index in [1.165, 1.54) is 0 Å². The number of nitrogens with zero attached hydrogens (tertiary/aromatic N) is 1. The maximum absolute atomic E-state index is 10.6. The van der Waals surface area contributed by atoms with Crippen molar-refractivity contribution in [2.75, 3.05) is 0 Å². The van der Waals surface area contributed by atoms with Crippen molar-refractivity contribution in [3.63, 3.8) is 0 Å². The number of carbonyl (C=O) groups excluding carboxylic acids is 1. The summed E-state index contributed by atoms with van der Waals surface area (Å²) in [6, 6.07) is 0. The van der Waals surface area contributed by atoms with Crippen LogP contribution >= 0.6 is 0 Å². The summed E-state index contributed by atoms with van der Waals surface area (Å²) in [5, 5.41) is 28.2. The molecule has 0 atom stereocenters. The quantitative estimate of drug-likeness (QED) is 0.231. The van der Waals surface area contributed by atoms with Crippen LogP contribution in [0, 0.1) is 5.21 Å². The highest BCUT2D eigenvalue weighted by atomic mass is 16.7. The smallest absolute Gasteiger partial charge is 0.513 e. The van der Waals surface area contributed by atoms with Gasteiger partial charge >= 0.3 is 18.3 Å². The average molecular weight is 220 g/mol. The molecule has 0 fully saturated rings. The van der Waals surface area contributed by atoms with Gasteiger partial charge in [-0.2, -0.15) is 0 Å². The fourth-order valence-corrected chi connectivity index (χ4v) is 0.574. The summed E-state index contributed by atoms with van der Waals surface area (Å²) in [7, 11) is 0. The zero-order chi connectivity index (χ0) is 11.8. The van der Waals surface area contributed by atoms with Gasteiger partial charge in [-0.05, 0) is 0 Å². The van der Waals surface area contributed by atoms with Gasteiger partial charge in [-0.3, -0.25) is 9.95 Å². The van der Waals surface area contributed by atoms with Crippen LogP contribution < -0.4 is 0 Å². The summed E-state index contributed by atoms with van der Waals surface area (Å²) in [6.45, 7) is 0. The third-order valence-electron chi connectivity index (χ3n) is 1.05. The Morgan fingerprint density at radius 1 is 1.07 bits per heavy atom. The minimum atomic E-state index is -1.79. The van der Waals surface area contributed by atoms with Gasteiger partial charge in [0.05, 0.1) is 6.42 Å². The number of carbonyl (C=O) groups is 3. The second-order valence-electron chi connectivity index (χ2n) is 2.09. The van der Waals surface area contributed by atoms with E-state index in [1.807, 2.05) is 0 Å². The number of hydrogen-bond acceptors (Lipinski definition) is 7. The predicted octanol–water partition coefficient (Wildman–Crippen LogP) is 0.579. The standard InChI is InChI=1S/C6H7NO8/c8-4(15-6(11)12)2-1-3(7-13)14-5(9)10/h13H,1-2H2,(H,9,10)(H,11,12)/p-1/b7-3-. The Kier molecular flexibility index (Phi) is 5.23. The van der Waals surface area contributed by atoms with Gasteiger partial charge in [-0.15, -0.1) is 0 Å². The van der Waals surface area contributed by atoms with Crippen molar-refractivity contribution in [1.82, 2.24) is 0 Å². The molecular formula is C6H6NO8-. The molecule has 9 nitrogen and oxygen atoms in total. The Morgan fingerprint density at radius 3 is 2.00 bits per heavy atom. The molecule has 15 heavy (non-hydrogen) atoms. The zero-order valence-electron chi connectivity index (χ0n) is 7.21. The van der Waals surface area contributed by atoms with Crippen molar-refractivity contribution in [3.8, 4) is 0 Å². The first kappa shape index (κ1) is 12.7. The molecule has 0 heterocycles. The van der Waals surface area contributed by atoms with Crippen molar-refractivity contribution >= 4 is 24.2 Å². The fraction of sp³-hybridized carbons (Fsp3) is 0.333. The third kappa shape index (κ3) is 6.81. The lowest BCUT2D eigenvalue weighted by molar-refractivity contribution is -0.138. The Hall–Kier alpha value is -2.32. The van der Waals surface area contributed by atoms with E-state index in [-0.39, 0.29) is 0 Å². The maximum atomic E-state index is 10.6. The van der Waals surface area contributed by atoms with Crippen LogP contribution in [0.25, 0.3) is 0 Å². The molecule has 0 saturated carbocycles. The summed E-state index contributed by atoms with van der Waals surface area (Å²) in [5.74, 6) is -1.89. The molecule has 0 aromatic rings. The number of rotatable bonds is 3. The molecule has 0 radical (unpaired) electrons. The normalized spacial score (nSPS) is 10.5. The first-order chi connectivity index (χ1) is 6.95. The van der Waals surface area contributed by atoms with Crippen LogP contribution in [0.2, 0.25) is 0 Å². The second-order valence-corrected chi connectivity index (χ2v) is 2.09. The van der Waals surface area contributed by atoms with E-state index in [4.69, 9.17) is 10.2 Å². The Labute approximate surface area is 82.5 Å². The average Bonchev–Trinajstić information content (AvgIpc) is 2.10. The molecule has 84 valence electrons. The van der Waals surface area contributed by atoms with Crippen molar-refractivity contribution in [1.29, 1.82) is 0 Å². The molecular weight excluding hydrogens is 214 g/mol. The summed E-state index contributed by atoms with van der Waals surface area (Å²) in [4.78, 5) is 30.4. The van der Waals surface area contributed by atoms with Crippen LogP contribution in [0.1, 0.15) is 12.8 Å². The molecule has 0 aliphatic rings. The summed E-state index contributed by atoms with van der Waals surface area (Å²) in [6.07, 6.45) is -4.53. The van der Waals surface area contributed by atoms with Crippen molar-refractivity contribution in [2.24, 2.45) is 5.16 Å². The van der Waals surface area contributed by atoms with Gasteiger partial charge in [-0.25, -0.2) is 9.59 Å². The van der Waals surface area contributed by atoms with E-state index in [2.05, 4.69) is 14.6 Å². The Bertz CT molecular complexity index is 296. The van der Waals surface area contributed by atoms with Crippen molar-refractivity contribution < 1.29 is 34.1 Å². The van der Waals surface area contributed by atoms with E-state index in [1.54, 1.807) is 0 Å². The number of esters is 1. The van der Waals surface area contributed by atoms with Gasteiger partial charge in [0.1, 0.15) is 0 Å². The molecule has 0 amide bonds. The van der Waals surface area contributed by atoms with Gasteiger partial charge in [-0.1, -0.05) is 0 Å². The lowest BCUT2D eigenvalue weighted by Gasteiger charge is -2.05. The van der Waals surface area contributed by atoms with E-state index < -0.39 is 37.0 Å². The van der Waals surface area contributed by atoms with E-state index in [9.17, 15) is 19.6 Å². The van der Waals surface area contributed by atoms with E-state index >= 15 is 0 Å². The lowest BCUT2D eigenvalue weighted by Crippen LogP contribution is -2.14. The molecule has 0 saturated heterocycles. The summed E-state index contributed by atoms with van der Waals surface area (Å²) < 4.78 is 7.52. The Morgan fingerprint density at radius 2 is 1.60 bits per heavy atom. The van der Waals surface area contributed by atoms with Crippen molar-refractivity contribution in [2.45, 2.75) is 12.8 Å². The van der Waals surface area contributed by atoms with E-state index in [0.717, 1.165) is 0 Å². The Balaban J connectivity index is 3.97. The zero-order valence-corrected chi connectivity index (χ0v) is 7.21. The van der Waals surface area contributed by atoms with Crippen LogP contribution in [0.5, 0.6) is 0 Å². The first-order valence-electron chi connectivity index (χ1n) is 3.49. The number of carboxylic acid groups (broad SMARTS) is 2. The molecule has 0 bridgehead atoms. The maximum Gasteiger partial charge on any atom is 0.513 e. The SMILES string of the molecule is O=C(O)OC(=O)CC/C(=N/[O-])OC(=O)O. The molecule has 0 rings (SSSR count). The first-order valence-corrected chi connectivity index (χ1v) is 3.49. The molecule has 0 aromatic carbocycles. The predicted molar refractivity (Wildman–Crippen MR) is 43.3 cm³/mol. The number of hydrogen-bond donors (Lipinski definition) is 2. The van der Waals surface area contributed by atoms with Gasteiger partial charge < -0.3 is 24.9 Å². The highest BCUT2D eigenvalue weighted by Crippen LogP contribution is 1.98. The molecule has 0 unspecified atom stereocenters. The van der Waals surface area contributed by atoms with Gasteiger partial charge in [0.25, 0.3) is 0 Å². The number of ether oxygens (including phenoxy) is 2. The van der Waals surface area contributed by atoms with Gasteiger partial charge in [0.2, 0.25) is 0 Å². The highest BCUT2D eigenvalue weighted by molar-refractivity contribution is 5.89. The topological polar surface area (TPSA) is 146 Å². The molecule has 9 heteroatoms. The lowest BCUT2D eigenvalue weighted by atomic mass is 10.3. The summed E-state index contributed by atoms with van der Waals surface area (Å²) in [5.41, 5.74) is 0. The third-order valence-corrected chi connectivity index (χ3v) is 1.05. The van der Waals surface area contributed by atoms with Crippen LogP contribution in [-0.2, 0) is 14.3 Å². The van der Waals surface area contributed by atoms with Gasteiger partial charge in [0.15, 0.2) is 5.90 Å². The van der Waals surface area contributed by atoms with Crippen LogP contribution in [0.3, 0.4) is 0 Å². The molecule has 0 aliphatic carbocycles. The largest absolute Gasteiger partial charge is 0.790 e. The van der Waals surface area contributed by atoms with Crippen LogP contribution in [0.4, 0.5) is 9.59 Å². The van der Waals surface area contributed by atoms with Crippen molar-refractivity contribution in [3.05, 3.63) is 5.21 Å². The molecule has 2 N–H and O–H groups in total. The monoisotopic (exact) mass is 220 g/mol.